The monoisotopic (exact) mass is 233 g/mol. The second kappa shape index (κ2) is 3.63. The summed E-state index contributed by atoms with van der Waals surface area (Å²) in [6.07, 6.45) is 0. The average molecular weight is 233 g/mol. The molecule has 1 aromatic carbocycles. The van der Waals surface area contributed by atoms with Gasteiger partial charge in [0.05, 0.1) is 11.6 Å². The molecule has 1 saturated heterocycles. The topological polar surface area (TPSA) is 50.4 Å². The zero-order valence-corrected chi connectivity index (χ0v) is 9.93. The number of aryl methyl sites for hydroxylation is 1. The van der Waals surface area contributed by atoms with Crippen LogP contribution in [0.1, 0.15) is 0 Å². The Balaban J connectivity index is 2.04. The van der Waals surface area contributed by atoms with Crippen LogP contribution in [0.5, 0.6) is 0 Å². The SMILES string of the molecule is CN(c1ccc2c(c1)oc(=O)n2C)C1CNC1. The van der Waals surface area contributed by atoms with Gasteiger partial charge in [-0.15, -0.1) is 0 Å². The van der Waals surface area contributed by atoms with Crippen LogP contribution in [0.2, 0.25) is 0 Å². The highest BCUT2D eigenvalue weighted by molar-refractivity contribution is 5.77. The minimum absolute atomic E-state index is 0.315. The molecule has 0 saturated carbocycles. The zero-order valence-electron chi connectivity index (χ0n) is 9.93. The number of likely N-dealkylation sites (N-methyl/N-ethyl adjacent to an activating group) is 1. The molecule has 1 N–H and O–H groups in total. The van der Waals surface area contributed by atoms with Crippen molar-refractivity contribution in [2.45, 2.75) is 6.04 Å². The molecule has 0 spiro atoms. The van der Waals surface area contributed by atoms with Crippen LogP contribution in [-0.2, 0) is 7.05 Å². The Morgan fingerprint density at radius 1 is 1.47 bits per heavy atom. The van der Waals surface area contributed by atoms with E-state index in [0.29, 0.717) is 11.6 Å². The number of oxazole rings is 1. The molecule has 0 atom stereocenters. The van der Waals surface area contributed by atoms with E-state index in [-0.39, 0.29) is 5.76 Å². The highest BCUT2D eigenvalue weighted by Gasteiger charge is 2.22. The summed E-state index contributed by atoms with van der Waals surface area (Å²) in [6, 6.07) is 6.41. The molecule has 0 radical (unpaired) electrons. The smallest absolute Gasteiger partial charge is 0.408 e. The van der Waals surface area contributed by atoms with Crippen LogP contribution < -0.4 is 16.0 Å². The first-order valence-corrected chi connectivity index (χ1v) is 5.70. The summed E-state index contributed by atoms with van der Waals surface area (Å²) in [6.45, 7) is 2.01. The fourth-order valence-corrected chi connectivity index (χ4v) is 2.10. The Morgan fingerprint density at radius 2 is 2.24 bits per heavy atom. The van der Waals surface area contributed by atoms with E-state index in [0.717, 1.165) is 24.3 Å². The van der Waals surface area contributed by atoms with E-state index >= 15 is 0 Å². The largest absolute Gasteiger partial charge is 0.419 e. The van der Waals surface area contributed by atoms with Crippen LogP contribution in [0, 0.1) is 0 Å². The molecule has 1 fully saturated rings. The number of aromatic nitrogens is 1. The van der Waals surface area contributed by atoms with Gasteiger partial charge in [-0.2, -0.15) is 0 Å². The van der Waals surface area contributed by atoms with Crippen LogP contribution in [0.15, 0.2) is 27.4 Å². The summed E-state index contributed by atoms with van der Waals surface area (Å²) in [5.74, 6) is -0.315. The third-order valence-corrected chi connectivity index (χ3v) is 3.49. The summed E-state index contributed by atoms with van der Waals surface area (Å²) in [5, 5.41) is 3.24. The van der Waals surface area contributed by atoms with Crippen molar-refractivity contribution < 1.29 is 4.42 Å². The molecule has 0 unspecified atom stereocenters. The van der Waals surface area contributed by atoms with Crippen molar-refractivity contribution in [3.63, 3.8) is 0 Å². The van der Waals surface area contributed by atoms with Crippen LogP contribution in [0.25, 0.3) is 11.1 Å². The number of fused-ring (bicyclic) bond motifs is 1. The van der Waals surface area contributed by atoms with Crippen LogP contribution in [-0.4, -0.2) is 30.7 Å². The van der Waals surface area contributed by atoms with Gasteiger partial charge in [-0.3, -0.25) is 4.57 Å². The molecule has 0 amide bonds. The minimum atomic E-state index is -0.315. The molecule has 1 aliphatic rings. The van der Waals surface area contributed by atoms with Crippen molar-refractivity contribution in [1.82, 2.24) is 9.88 Å². The third kappa shape index (κ3) is 1.54. The molecular formula is C12H15N3O2. The van der Waals surface area contributed by atoms with Gasteiger partial charge in [-0.1, -0.05) is 0 Å². The molecule has 0 aliphatic carbocycles. The summed E-state index contributed by atoms with van der Waals surface area (Å²) >= 11 is 0. The van der Waals surface area contributed by atoms with Gasteiger partial charge in [0.1, 0.15) is 0 Å². The van der Waals surface area contributed by atoms with Crippen molar-refractivity contribution in [3.05, 3.63) is 28.7 Å². The van der Waals surface area contributed by atoms with Gasteiger partial charge in [0.15, 0.2) is 5.58 Å². The van der Waals surface area contributed by atoms with Gasteiger partial charge in [-0.25, -0.2) is 4.79 Å². The molecule has 17 heavy (non-hydrogen) atoms. The molecule has 5 heteroatoms. The van der Waals surface area contributed by atoms with E-state index in [1.807, 2.05) is 18.2 Å². The predicted molar refractivity (Wildman–Crippen MR) is 66.5 cm³/mol. The lowest BCUT2D eigenvalue weighted by Gasteiger charge is -2.37. The molecule has 3 rings (SSSR count). The second-order valence-corrected chi connectivity index (χ2v) is 4.50. The number of anilines is 1. The van der Waals surface area contributed by atoms with Crippen LogP contribution in [0.3, 0.4) is 0 Å². The average Bonchev–Trinajstić information content (AvgIpc) is 2.52. The number of benzene rings is 1. The quantitative estimate of drug-likeness (QED) is 0.822. The molecular weight excluding hydrogens is 218 g/mol. The maximum absolute atomic E-state index is 11.4. The van der Waals surface area contributed by atoms with Gasteiger partial charge < -0.3 is 14.6 Å². The number of rotatable bonds is 2. The standard InChI is InChI=1S/C12H15N3O2/c1-14(9-6-13-7-9)8-3-4-10-11(5-8)17-12(16)15(10)2/h3-5,9,13H,6-7H2,1-2H3. The first-order valence-electron chi connectivity index (χ1n) is 5.70. The highest BCUT2D eigenvalue weighted by atomic mass is 16.4. The van der Waals surface area contributed by atoms with Crippen molar-refractivity contribution in [3.8, 4) is 0 Å². The van der Waals surface area contributed by atoms with E-state index in [1.165, 1.54) is 4.57 Å². The molecule has 1 aliphatic heterocycles. The number of hydrogen-bond acceptors (Lipinski definition) is 4. The summed E-state index contributed by atoms with van der Waals surface area (Å²) in [4.78, 5) is 13.6. The van der Waals surface area contributed by atoms with Crippen LogP contribution >= 0.6 is 0 Å². The molecule has 0 bridgehead atoms. The number of nitrogens with zero attached hydrogens (tertiary/aromatic N) is 2. The Labute approximate surface area is 98.6 Å². The Hall–Kier alpha value is -1.75. The van der Waals surface area contributed by atoms with Gasteiger partial charge >= 0.3 is 5.76 Å². The Morgan fingerprint density at radius 3 is 2.88 bits per heavy atom. The van der Waals surface area contributed by atoms with E-state index in [4.69, 9.17) is 4.42 Å². The predicted octanol–water partition coefficient (Wildman–Crippen LogP) is 0.539. The van der Waals surface area contributed by atoms with E-state index in [1.54, 1.807) is 7.05 Å². The van der Waals surface area contributed by atoms with E-state index in [2.05, 4.69) is 17.3 Å². The Kier molecular flexibility index (Phi) is 2.22. The second-order valence-electron chi connectivity index (χ2n) is 4.50. The number of nitrogens with one attached hydrogen (secondary N) is 1. The summed E-state index contributed by atoms with van der Waals surface area (Å²) in [5.41, 5.74) is 2.56. The van der Waals surface area contributed by atoms with Gasteiger partial charge in [-0.05, 0) is 12.1 Å². The molecule has 2 aromatic rings. The Bertz CT molecular complexity index is 610. The normalized spacial score (nSPS) is 16.1. The lowest BCUT2D eigenvalue weighted by atomic mass is 10.1. The highest BCUT2D eigenvalue weighted by Crippen LogP contribution is 2.22. The first-order chi connectivity index (χ1) is 8.16. The number of hydrogen-bond donors (Lipinski definition) is 1. The van der Waals surface area contributed by atoms with Crippen molar-refractivity contribution in [1.29, 1.82) is 0 Å². The van der Waals surface area contributed by atoms with Crippen molar-refractivity contribution >= 4 is 16.8 Å². The summed E-state index contributed by atoms with van der Waals surface area (Å²) in [7, 11) is 3.78. The molecule has 1 aromatic heterocycles. The van der Waals surface area contributed by atoms with E-state index < -0.39 is 0 Å². The zero-order chi connectivity index (χ0) is 12.0. The fraction of sp³-hybridized carbons (Fsp3) is 0.417. The lowest BCUT2D eigenvalue weighted by Crippen LogP contribution is -2.56. The molecule has 2 heterocycles. The lowest BCUT2D eigenvalue weighted by molar-refractivity contribution is 0.428. The van der Waals surface area contributed by atoms with Crippen molar-refractivity contribution in [2.75, 3.05) is 25.0 Å². The van der Waals surface area contributed by atoms with Crippen LogP contribution in [0.4, 0.5) is 5.69 Å². The summed E-state index contributed by atoms with van der Waals surface area (Å²) < 4.78 is 6.70. The molecule has 90 valence electrons. The first kappa shape index (κ1) is 10.4. The van der Waals surface area contributed by atoms with Gasteiger partial charge in [0.25, 0.3) is 0 Å². The minimum Gasteiger partial charge on any atom is -0.408 e. The maximum Gasteiger partial charge on any atom is 0.419 e. The van der Waals surface area contributed by atoms with Gasteiger partial charge in [0.2, 0.25) is 0 Å². The maximum atomic E-state index is 11.4. The molecule has 5 nitrogen and oxygen atoms in total. The van der Waals surface area contributed by atoms with E-state index in [9.17, 15) is 4.79 Å². The van der Waals surface area contributed by atoms with Gasteiger partial charge in [0, 0.05) is 38.9 Å². The van der Waals surface area contributed by atoms with Crippen molar-refractivity contribution in [2.24, 2.45) is 7.05 Å². The fourth-order valence-electron chi connectivity index (χ4n) is 2.10. The third-order valence-electron chi connectivity index (χ3n) is 3.49.